The minimum atomic E-state index is -0.260. The van der Waals surface area contributed by atoms with Gasteiger partial charge in [0.05, 0.1) is 4.47 Å². The van der Waals surface area contributed by atoms with E-state index in [0.717, 1.165) is 19.5 Å². The van der Waals surface area contributed by atoms with E-state index in [4.69, 9.17) is 4.74 Å². The predicted molar refractivity (Wildman–Crippen MR) is 69.8 cm³/mol. The fraction of sp³-hybridized carbons (Fsp3) is 0.538. The summed E-state index contributed by atoms with van der Waals surface area (Å²) in [6.45, 7) is 6.19. The molecule has 1 atom stereocenters. The maximum Gasteiger partial charge on any atom is 0.134 e. The highest BCUT2D eigenvalue weighted by molar-refractivity contribution is 9.10. The monoisotopic (exact) mass is 301 g/mol. The van der Waals surface area contributed by atoms with Gasteiger partial charge in [-0.3, -0.25) is 0 Å². The standard InChI is InChI=1S/C13H17BrFNO/c1-13(2,9-5-6-16-8-9)17-12-4-3-10(15)7-11(12)14/h3-4,7,9,16H,5-6,8H2,1-2H3. The molecule has 1 fully saturated rings. The molecule has 0 saturated carbocycles. The molecule has 2 rings (SSSR count). The molecule has 0 bridgehead atoms. The van der Waals surface area contributed by atoms with Crippen molar-refractivity contribution in [3.8, 4) is 5.75 Å². The maximum atomic E-state index is 13.0. The van der Waals surface area contributed by atoms with E-state index in [0.29, 0.717) is 16.1 Å². The molecule has 0 amide bonds. The fourth-order valence-corrected chi connectivity index (χ4v) is 2.60. The summed E-state index contributed by atoms with van der Waals surface area (Å²) in [6.07, 6.45) is 1.12. The number of ether oxygens (including phenoxy) is 1. The van der Waals surface area contributed by atoms with E-state index >= 15 is 0 Å². The van der Waals surface area contributed by atoms with E-state index in [1.165, 1.54) is 12.1 Å². The molecule has 94 valence electrons. The van der Waals surface area contributed by atoms with E-state index in [-0.39, 0.29) is 11.4 Å². The molecule has 0 aliphatic carbocycles. The van der Waals surface area contributed by atoms with Gasteiger partial charge < -0.3 is 10.1 Å². The largest absolute Gasteiger partial charge is 0.486 e. The molecule has 2 nitrogen and oxygen atoms in total. The van der Waals surface area contributed by atoms with Crippen LogP contribution in [0.5, 0.6) is 5.75 Å². The van der Waals surface area contributed by atoms with Crippen molar-refractivity contribution in [1.82, 2.24) is 5.32 Å². The average molecular weight is 302 g/mol. The summed E-state index contributed by atoms with van der Waals surface area (Å²) in [5.41, 5.74) is -0.246. The van der Waals surface area contributed by atoms with Crippen molar-refractivity contribution < 1.29 is 9.13 Å². The van der Waals surface area contributed by atoms with Crippen molar-refractivity contribution in [2.24, 2.45) is 5.92 Å². The van der Waals surface area contributed by atoms with E-state index < -0.39 is 0 Å². The number of rotatable bonds is 3. The summed E-state index contributed by atoms with van der Waals surface area (Å²) in [4.78, 5) is 0. The first-order valence-corrected chi connectivity index (χ1v) is 6.63. The van der Waals surface area contributed by atoms with Gasteiger partial charge in [0.15, 0.2) is 0 Å². The Kier molecular flexibility index (Phi) is 3.73. The lowest BCUT2D eigenvalue weighted by Gasteiger charge is -2.32. The molecule has 1 unspecified atom stereocenters. The first-order chi connectivity index (χ1) is 7.99. The Bertz CT molecular complexity index is 402. The molecule has 1 saturated heterocycles. The van der Waals surface area contributed by atoms with Gasteiger partial charge in [-0.1, -0.05) is 0 Å². The first kappa shape index (κ1) is 12.8. The van der Waals surface area contributed by atoms with Crippen LogP contribution in [0.1, 0.15) is 20.3 Å². The van der Waals surface area contributed by atoms with Gasteiger partial charge in [-0.15, -0.1) is 0 Å². The van der Waals surface area contributed by atoms with Crippen LogP contribution in [0, 0.1) is 11.7 Å². The molecule has 1 aliphatic rings. The van der Waals surface area contributed by atoms with Gasteiger partial charge in [0.2, 0.25) is 0 Å². The number of benzene rings is 1. The second-order valence-electron chi connectivity index (χ2n) is 4.97. The van der Waals surface area contributed by atoms with Crippen molar-refractivity contribution in [3.63, 3.8) is 0 Å². The lowest BCUT2D eigenvalue weighted by molar-refractivity contribution is 0.0515. The van der Waals surface area contributed by atoms with Crippen molar-refractivity contribution in [2.45, 2.75) is 25.9 Å². The van der Waals surface area contributed by atoms with Gasteiger partial charge in [-0.05, 0) is 60.9 Å². The molecule has 4 heteroatoms. The highest BCUT2D eigenvalue weighted by Crippen LogP contribution is 2.33. The molecule has 1 aromatic rings. The second-order valence-corrected chi connectivity index (χ2v) is 5.82. The zero-order valence-electron chi connectivity index (χ0n) is 10.1. The Hall–Kier alpha value is -0.610. The molecule has 1 N–H and O–H groups in total. The molecular formula is C13H17BrFNO. The van der Waals surface area contributed by atoms with Crippen LogP contribution in [0.3, 0.4) is 0 Å². The van der Waals surface area contributed by atoms with Crippen LogP contribution >= 0.6 is 15.9 Å². The van der Waals surface area contributed by atoms with Crippen LogP contribution in [-0.2, 0) is 0 Å². The van der Waals surface area contributed by atoms with Crippen molar-refractivity contribution >= 4 is 15.9 Å². The normalized spacial score (nSPS) is 20.6. The quantitative estimate of drug-likeness (QED) is 0.924. The smallest absolute Gasteiger partial charge is 0.134 e. The van der Waals surface area contributed by atoms with Crippen LogP contribution in [0.25, 0.3) is 0 Å². The topological polar surface area (TPSA) is 21.3 Å². The van der Waals surface area contributed by atoms with Gasteiger partial charge in [0.25, 0.3) is 0 Å². The van der Waals surface area contributed by atoms with Crippen LogP contribution in [0.2, 0.25) is 0 Å². The van der Waals surface area contributed by atoms with Gasteiger partial charge in [-0.2, -0.15) is 0 Å². The number of nitrogens with one attached hydrogen (secondary N) is 1. The lowest BCUT2D eigenvalue weighted by atomic mass is 9.90. The Morgan fingerprint density at radius 2 is 2.24 bits per heavy atom. The van der Waals surface area contributed by atoms with E-state index in [9.17, 15) is 4.39 Å². The summed E-state index contributed by atoms with van der Waals surface area (Å²) in [5.74, 6) is 0.923. The Morgan fingerprint density at radius 1 is 1.47 bits per heavy atom. The van der Waals surface area contributed by atoms with Crippen molar-refractivity contribution in [1.29, 1.82) is 0 Å². The third kappa shape index (κ3) is 2.99. The molecule has 0 aromatic heterocycles. The summed E-state index contributed by atoms with van der Waals surface area (Å²) in [6, 6.07) is 4.52. The average Bonchev–Trinajstić information content (AvgIpc) is 2.76. The second kappa shape index (κ2) is 4.94. The molecular weight excluding hydrogens is 285 g/mol. The minimum absolute atomic E-state index is 0.246. The van der Waals surface area contributed by atoms with Gasteiger partial charge >= 0.3 is 0 Å². The number of hydrogen-bond donors (Lipinski definition) is 1. The van der Waals surface area contributed by atoms with Gasteiger partial charge in [-0.25, -0.2) is 4.39 Å². The van der Waals surface area contributed by atoms with Gasteiger partial charge in [0, 0.05) is 12.5 Å². The minimum Gasteiger partial charge on any atom is -0.486 e. The Labute approximate surface area is 110 Å². The summed E-state index contributed by atoms with van der Waals surface area (Å²) in [7, 11) is 0. The van der Waals surface area contributed by atoms with Crippen LogP contribution in [0.15, 0.2) is 22.7 Å². The maximum absolute atomic E-state index is 13.0. The predicted octanol–water partition coefficient (Wildman–Crippen LogP) is 3.36. The highest BCUT2D eigenvalue weighted by atomic mass is 79.9. The Balaban J connectivity index is 2.13. The van der Waals surface area contributed by atoms with Crippen molar-refractivity contribution in [2.75, 3.05) is 13.1 Å². The fourth-order valence-electron chi connectivity index (χ4n) is 2.17. The van der Waals surface area contributed by atoms with Crippen LogP contribution in [-0.4, -0.2) is 18.7 Å². The third-order valence-electron chi connectivity index (χ3n) is 3.31. The molecule has 1 heterocycles. The molecule has 1 aromatic carbocycles. The highest BCUT2D eigenvalue weighted by Gasteiger charge is 2.34. The number of halogens is 2. The summed E-state index contributed by atoms with van der Waals surface area (Å²) in [5, 5.41) is 3.34. The molecule has 0 radical (unpaired) electrons. The van der Waals surface area contributed by atoms with Crippen molar-refractivity contribution in [3.05, 3.63) is 28.5 Å². The summed E-state index contributed by atoms with van der Waals surface area (Å²) < 4.78 is 19.7. The van der Waals surface area contributed by atoms with E-state index in [2.05, 4.69) is 35.1 Å². The zero-order valence-corrected chi connectivity index (χ0v) is 11.7. The lowest BCUT2D eigenvalue weighted by Crippen LogP contribution is -2.38. The molecule has 17 heavy (non-hydrogen) atoms. The third-order valence-corrected chi connectivity index (χ3v) is 3.93. The molecule has 0 spiro atoms. The summed E-state index contributed by atoms with van der Waals surface area (Å²) >= 11 is 3.33. The van der Waals surface area contributed by atoms with Crippen LogP contribution in [0.4, 0.5) is 4.39 Å². The molecule has 1 aliphatic heterocycles. The van der Waals surface area contributed by atoms with E-state index in [1.54, 1.807) is 6.07 Å². The SMILES string of the molecule is CC(C)(Oc1ccc(F)cc1Br)C1CCNC1. The first-order valence-electron chi connectivity index (χ1n) is 5.84. The zero-order chi connectivity index (χ0) is 12.5. The van der Waals surface area contributed by atoms with E-state index in [1.807, 2.05) is 0 Å². The van der Waals surface area contributed by atoms with Gasteiger partial charge in [0.1, 0.15) is 17.2 Å². The van der Waals surface area contributed by atoms with Crippen LogP contribution < -0.4 is 10.1 Å². The number of hydrogen-bond acceptors (Lipinski definition) is 2. The Morgan fingerprint density at radius 3 is 2.82 bits per heavy atom.